The summed E-state index contributed by atoms with van der Waals surface area (Å²) in [6, 6.07) is 7.72. The van der Waals surface area contributed by atoms with Crippen LogP contribution in [0, 0.1) is 0 Å². The average molecular weight is 521 g/mol. The normalized spacial score (nSPS) is 11.1. The van der Waals surface area contributed by atoms with Gasteiger partial charge >= 0.3 is 7.05 Å². The molecule has 104 valence electrons. The Balaban J connectivity index is 0.000000312. The highest BCUT2D eigenvalue weighted by Gasteiger charge is 2.12. The van der Waals surface area contributed by atoms with Crippen LogP contribution in [0.2, 0.25) is 6.82 Å². The SMILES string of the molecule is BrC(Br)(Br)Br.CB(O)n1cc(CO)c2ccccc21. The number of aliphatic hydroxyl groups is 1. The fraction of sp³-hybridized carbons (Fsp3) is 0.273. The molecule has 0 bridgehead atoms. The van der Waals surface area contributed by atoms with E-state index >= 15 is 0 Å². The van der Waals surface area contributed by atoms with Crippen molar-refractivity contribution in [2.75, 3.05) is 0 Å². The number of aliphatic hydroxyl groups excluding tert-OH is 1. The highest BCUT2D eigenvalue weighted by molar-refractivity contribution is 9.52. The van der Waals surface area contributed by atoms with Gasteiger partial charge in [-0.25, -0.2) is 0 Å². The average Bonchev–Trinajstić information content (AvgIpc) is 2.65. The van der Waals surface area contributed by atoms with Crippen molar-refractivity contribution in [1.29, 1.82) is 0 Å². The van der Waals surface area contributed by atoms with Gasteiger partial charge in [0.05, 0.1) is 6.61 Å². The third kappa shape index (κ3) is 5.89. The van der Waals surface area contributed by atoms with E-state index in [1.165, 1.54) is 0 Å². The molecule has 1 heterocycles. The minimum atomic E-state index is -0.569. The third-order valence-electron chi connectivity index (χ3n) is 2.40. The highest BCUT2D eigenvalue weighted by atomic mass is 80.0. The summed E-state index contributed by atoms with van der Waals surface area (Å²) in [5, 5.41) is 19.6. The van der Waals surface area contributed by atoms with Crippen LogP contribution >= 0.6 is 63.7 Å². The maximum absolute atomic E-state index is 9.51. The molecule has 0 amide bonds. The summed E-state index contributed by atoms with van der Waals surface area (Å²) in [4.78, 5) is 0. The Hall–Kier alpha value is 0.665. The standard InChI is InChI=1S/C10H12BNO2.CBr4/c1-11(14)12-6-8(7-13)9-4-2-3-5-10(9)12;2-1(3,4)5/h2-6,13-14H,7H2,1H3;. The van der Waals surface area contributed by atoms with E-state index < -0.39 is 7.05 Å². The number of rotatable bonds is 2. The number of para-hydroxylation sites is 1. The van der Waals surface area contributed by atoms with Gasteiger partial charge < -0.3 is 14.6 Å². The maximum Gasteiger partial charge on any atom is 0.413 e. The zero-order valence-corrected chi connectivity index (χ0v) is 16.4. The van der Waals surface area contributed by atoms with E-state index in [1.54, 1.807) is 17.5 Å². The zero-order valence-electron chi connectivity index (χ0n) is 10.0. The topological polar surface area (TPSA) is 45.4 Å². The number of alkyl halides is 4. The second-order valence-corrected chi connectivity index (χ2v) is 14.9. The summed E-state index contributed by atoms with van der Waals surface area (Å²) < 4.78 is 1.50. The predicted octanol–water partition coefficient (Wildman–Crippen LogP) is 4.27. The van der Waals surface area contributed by atoms with Gasteiger partial charge in [0.25, 0.3) is 0 Å². The van der Waals surface area contributed by atoms with Crippen LogP contribution in [0.25, 0.3) is 10.9 Å². The Morgan fingerprint density at radius 3 is 2.21 bits per heavy atom. The number of fused-ring (bicyclic) bond motifs is 1. The maximum atomic E-state index is 9.51. The molecule has 3 nitrogen and oxygen atoms in total. The molecule has 19 heavy (non-hydrogen) atoms. The fourth-order valence-electron chi connectivity index (χ4n) is 1.71. The molecular weight excluding hydrogens is 509 g/mol. The van der Waals surface area contributed by atoms with Crippen molar-refractivity contribution in [3.8, 4) is 0 Å². The lowest BCUT2D eigenvalue weighted by Gasteiger charge is -2.03. The van der Waals surface area contributed by atoms with Crippen molar-refractivity contribution < 1.29 is 10.1 Å². The third-order valence-corrected chi connectivity index (χ3v) is 2.40. The molecule has 0 saturated heterocycles. The van der Waals surface area contributed by atoms with E-state index in [2.05, 4.69) is 63.7 Å². The number of nitrogens with zero attached hydrogens (tertiary/aromatic N) is 1. The summed E-state index contributed by atoms with van der Waals surface area (Å²) in [6.07, 6.45) is 1.79. The first-order valence-corrected chi connectivity index (χ1v) is 8.54. The van der Waals surface area contributed by atoms with E-state index in [-0.39, 0.29) is 7.66 Å². The van der Waals surface area contributed by atoms with Crippen LogP contribution in [0.3, 0.4) is 0 Å². The number of halogens is 4. The molecule has 0 radical (unpaired) electrons. The molecular formula is C11H12BBr4NO2. The van der Waals surface area contributed by atoms with Crippen LogP contribution in [-0.2, 0) is 6.61 Å². The molecule has 2 rings (SSSR count). The molecule has 1 aromatic heterocycles. The molecule has 2 N–H and O–H groups in total. The van der Waals surface area contributed by atoms with Gasteiger partial charge in [-0.3, -0.25) is 0 Å². The van der Waals surface area contributed by atoms with E-state index in [9.17, 15) is 5.02 Å². The summed E-state index contributed by atoms with van der Waals surface area (Å²) >= 11 is 12.5. The van der Waals surface area contributed by atoms with Gasteiger partial charge in [0.1, 0.15) is 0 Å². The minimum Gasteiger partial charge on any atom is -0.432 e. The van der Waals surface area contributed by atoms with E-state index in [0.29, 0.717) is 0 Å². The van der Waals surface area contributed by atoms with Crippen LogP contribution in [0.5, 0.6) is 0 Å². The Morgan fingerprint density at radius 1 is 1.21 bits per heavy atom. The summed E-state index contributed by atoms with van der Waals surface area (Å²) in [5.74, 6) is 0. The number of hydrogen-bond donors (Lipinski definition) is 2. The van der Waals surface area contributed by atoms with Crippen LogP contribution in [0.4, 0.5) is 0 Å². The van der Waals surface area contributed by atoms with Gasteiger partial charge in [-0.2, -0.15) is 0 Å². The van der Waals surface area contributed by atoms with Gasteiger partial charge in [0, 0.05) is 16.5 Å². The molecule has 0 aliphatic heterocycles. The fourth-order valence-corrected chi connectivity index (χ4v) is 1.71. The number of benzene rings is 1. The highest BCUT2D eigenvalue weighted by Crippen LogP contribution is 2.39. The van der Waals surface area contributed by atoms with Crippen molar-refractivity contribution in [2.24, 2.45) is 0 Å². The molecule has 0 atom stereocenters. The summed E-state index contributed by atoms with van der Waals surface area (Å²) in [5.41, 5.74) is 1.80. The predicted molar refractivity (Wildman–Crippen MR) is 95.5 cm³/mol. The minimum absolute atomic E-state index is 0.000231. The van der Waals surface area contributed by atoms with Gasteiger partial charge in [-0.15, -0.1) is 0 Å². The first-order valence-electron chi connectivity index (χ1n) is 5.37. The van der Waals surface area contributed by atoms with Gasteiger partial charge in [-0.1, -0.05) is 18.2 Å². The molecule has 2 aromatic rings. The summed E-state index contributed by atoms with van der Waals surface area (Å²) in [6.45, 7) is 1.70. The summed E-state index contributed by atoms with van der Waals surface area (Å²) in [7, 11) is -0.569. The smallest absolute Gasteiger partial charge is 0.413 e. The monoisotopic (exact) mass is 517 g/mol. The van der Waals surface area contributed by atoms with E-state index in [4.69, 9.17) is 5.11 Å². The van der Waals surface area contributed by atoms with E-state index in [0.717, 1.165) is 16.5 Å². The Labute approximate surface area is 146 Å². The van der Waals surface area contributed by atoms with Crippen LogP contribution < -0.4 is 0 Å². The van der Waals surface area contributed by atoms with Gasteiger partial charge in [-0.05, 0) is 82.8 Å². The molecule has 0 spiro atoms. The quantitative estimate of drug-likeness (QED) is 0.459. The van der Waals surface area contributed by atoms with Crippen LogP contribution in [-0.4, -0.2) is 22.7 Å². The molecule has 0 saturated carbocycles. The molecule has 0 fully saturated rings. The van der Waals surface area contributed by atoms with E-state index in [1.807, 2.05) is 24.3 Å². The molecule has 0 unspecified atom stereocenters. The molecule has 0 aliphatic rings. The second-order valence-electron chi connectivity index (χ2n) is 3.80. The van der Waals surface area contributed by atoms with Gasteiger partial charge in [0.15, 0.2) is 1.05 Å². The number of hydrogen-bond acceptors (Lipinski definition) is 2. The Bertz CT molecular complexity index is 533. The molecule has 1 aromatic carbocycles. The van der Waals surface area contributed by atoms with Crippen LogP contribution in [0.1, 0.15) is 5.56 Å². The second kappa shape index (κ2) is 7.61. The lowest BCUT2D eigenvalue weighted by atomic mass is 9.88. The molecule has 8 heteroatoms. The lowest BCUT2D eigenvalue weighted by molar-refractivity contribution is 0.283. The van der Waals surface area contributed by atoms with Crippen LogP contribution in [0.15, 0.2) is 30.5 Å². The van der Waals surface area contributed by atoms with Crippen molar-refractivity contribution >= 4 is 81.7 Å². The van der Waals surface area contributed by atoms with Crippen molar-refractivity contribution in [2.45, 2.75) is 14.5 Å². The van der Waals surface area contributed by atoms with Crippen molar-refractivity contribution in [3.05, 3.63) is 36.0 Å². The van der Waals surface area contributed by atoms with Crippen molar-refractivity contribution in [1.82, 2.24) is 4.48 Å². The first kappa shape index (κ1) is 17.7. The van der Waals surface area contributed by atoms with Crippen molar-refractivity contribution in [3.63, 3.8) is 0 Å². The first-order chi connectivity index (χ1) is 8.74. The molecule has 0 aliphatic carbocycles. The lowest BCUT2D eigenvalue weighted by Crippen LogP contribution is -2.18. The largest absolute Gasteiger partial charge is 0.432 e. The Kier molecular flexibility index (Phi) is 7.10. The van der Waals surface area contributed by atoms with Gasteiger partial charge in [0.2, 0.25) is 0 Å². The zero-order chi connectivity index (χ0) is 14.6. The number of aromatic nitrogens is 1. The Morgan fingerprint density at radius 2 is 1.74 bits per heavy atom.